The van der Waals surface area contributed by atoms with Crippen molar-refractivity contribution in [3.63, 3.8) is 0 Å². The van der Waals surface area contributed by atoms with Gasteiger partial charge in [-0.15, -0.1) is 0 Å². The van der Waals surface area contributed by atoms with Gasteiger partial charge < -0.3 is 19.7 Å². The van der Waals surface area contributed by atoms with Gasteiger partial charge in [-0.3, -0.25) is 13.9 Å². The number of benzene rings is 3. The van der Waals surface area contributed by atoms with E-state index >= 15 is 0 Å². The van der Waals surface area contributed by atoms with Crippen molar-refractivity contribution in [1.82, 2.24) is 10.2 Å². The molecule has 0 saturated carbocycles. The van der Waals surface area contributed by atoms with Gasteiger partial charge >= 0.3 is 0 Å². The SMILES string of the molecule is CNC(=O)C(C)N(Cc1ccc(Cl)cc1Cl)C(=O)CN(c1ccc(OC)c(OC)c1)S(=O)(=O)c1ccccc1. The monoisotopic (exact) mass is 593 g/mol. The molecular weight excluding hydrogens is 565 g/mol. The molecule has 0 heterocycles. The number of hydrogen-bond donors (Lipinski definition) is 1. The third kappa shape index (κ3) is 6.95. The number of nitrogens with one attached hydrogen (secondary N) is 1. The van der Waals surface area contributed by atoms with Crippen LogP contribution >= 0.6 is 23.2 Å². The summed E-state index contributed by atoms with van der Waals surface area (Å²) in [6, 6.07) is 16.1. The van der Waals surface area contributed by atoms with Gasteiger partial charge in [-0.1, -0.05) is 47.5 Å². The van der Waals surface area contributed by atoms with Crippen LogP contribution in [0, 0.1) is 0 Å². The lowest BCUT2D eigenvalue weighted by Gasteiger charge is -2.32. The number of likely N-dealkylation sites (N-methyl/N-ethyl adjacent to an activating group) is 1. The summed E-state index contributed by atoms with van der Waals surface area (Å²) in [7, 11) is 0.111. The van der Waals surface area contributed by atoms with E-state index in [0.717, 1.165) is 4.31 Å². The molecule has 39 heavy (non-hydrogen) atoms. The molecule has 12 heteroatoms. The Kier molecular flexibility index (Phi) is 10.1. The summed E-state index contributed by atoms with van der Waals surface area (Å²) in [4.78, 5) is 27.7. The van der Waals surface area contributed by atoms with Crippen molar-refractivity contribution in [2.45, 2.75) is 24.4 Å². The Balaban J connectivity index is 2.09. The molecule has 0 aromatic heterocycles. The zero-order chi connectivity index (χ0) is 28.7. The van der Waals surface area contributed by atoms with E-state index in [9.17, 15) is 18.0 Å². The molecule has 9 nitrogen and oxygen atoms in total. The molecule has 3 rings (SSSR count). The molecule has 0 bridgehead atoms. The van der Waals surface area contributed by atoms with E-state index in [2.05, 4.69) is 5.32 Å². The molecule has 0 aliphatic rings. The van der Waals surface area contributed by atoms with Crippen LogP contribution in [0.15, 0.2) is 71.6 Å². The minimum absolute atomic E-state index is 0.0146. The summed E-state index contributed by atoms with van der Waals surface area (Å²) in [6.45, 7) is 0.876. The summed E-state index contributed by atoms with van der Waals surface area (Å²) >= 11 is 12.4. The number of nitrogens with zero attached hydrogens (tertiary/aromatic N) is 2. The number of carbonyl (C=O) groups is 2. The third-order valence-electron chi connectivity index (χ3n) is 6.03. The van der Waals surface area contributed by atoms with Crippen LogP contribution in [0.5, 0.6) is 11.5 Å². The smallest absolute Gasteiger partial charge is 0.264 e. The second-order valence-electron chi connectivity index (χ2n) is 8.41. The Labute approximate surface area is 238 Å². The highest BCUT2D eigenvalue weighted by Gasteiger charge is 2.33. The third-order valence-corrected chi connectivity index (χ3v) is 8.41. The number of methoxy groups -OCH3 is 2. The van der Waals surface area contributed by atoms with Crippen LogP contribution in [-0.2, 0) is 26.2 Å². The van der Waals surface area contributed by atoms with Crippen molar-refractivity contribution in [3.05, 3.63) is 82.3 Å². The van der Waals surface area contributed by atoms with Gasteiger partial charge in [0.15, 0.2) is 11.5 Å². The Bertz CT molecular complexity index is 1440. The van der Waals surface area contributed by atoms with E-state index in [-0.39, 0.29) is 22.9 Å². The van der Waals surface area contributed by atoms with E-state index in [1.165, 1.54) is 56.5 Å². The predicted octanol–water partition coefficient (Wildman–Crippen LogP) is 4.37. The second-order valence-corrected chi connectivity index (χ2v) is 11.1. The molecule has 1 atom stereocenters. The molecular formula is C27H29Cl2N3O6S. The summed E-state index contributed by atoms with van der Waals surface area (Å²) in [5.74, 6) is -0.403. The highest BCUT2D eigenvalue weighted by molar-refractivity contribution is 7.92. The van der Waals surface area contributed by atoms with Crippen molar-refractivity contribution in [2.75, 3.05) is 32.1 Å². The van der Waals surface area contributed by atoms with Crippen LogP contribution in [0.25, 0.3) is 0 Å². The summed E-state index contributed by atoms with van der Waals surface area (Å²) in [5.41, 5.74) is 0.704. The summed E-state index contributed by atoms with van der Waals surface area (Å²) in [6.07, 6.45) is 0. The fourth-order valence-corrected chi connectivity index (χ4v) is 5.75. The van der Waals surface area contributed by atoms with Crippen LogP contribution in [0.4, 0.5) is 5.69 Å². The fraction of sp³-hybridized carbons (Fsp3) is 0.259. The first-order valence-electron chi connectivity index (χ1n) is 11.8. The Morgan fingerprint density at radius 2 is 1.62 bits per heavy atom. The van der Waals surface area contributed by atoms with Gasteiger partial charge in [0.2, 0.25) is 11.8 Å². The molecule has 3 aromatic rings. The fourth-order valence-electron chi connectivity index (χ4n) is 3.85. The molecule has 0 spiro atoms. The lowest BCUT2D eigenvalue weighted by atomic mass is 10.1. The molecule has 0 saturated heterocycles. The molecule has 1 N–H and O–H groups in total. The second kappa shape index (κ2) is 13.1. The number of hydrogen-bond acceptors (Lipinski definition) is 6. The lowest BCUT2D eigenvalue weighted by molar-refractivity contribution is -0.139. The number of carbonyl (C=O) groups excluding carboxylic acids is 2. The average Bonchev–Trinajstić information content (AvgIpc) is 2.94. The zero-order valence-electron chi connectivity index (χ0n) is 21.9. The predicted molar refractivity (Wildman–Crippen MR) is 151 cm³/mol. The Morgan fingerprint density at radius 3 is 2.21 bits per heavy atom. The Hall–Kier alpha value is -3.47. The topological polar surface area (TPSA) is 105 Å². The molecule has 208 valence electrons. The molecule has 2 amide bonds. The zero-order valence-corrected chi connectivity index (χ0v) is 24.2. The van der Waals surface area contributed by atoms with E-state index in [1.54, 1.807) is 43.3 Å². The molecule has 1 unspecified atom stereocenters. The standard InChI is InChI=1S/C27H29Cl2N3O6S/c1-18(27(34)30-2)31(16-19-10-11-20(28)14-23(19)29)26(33)17-32(39(35,36)22-8-6-5-7-9-22)21-12-13-24(37-3)25(15-21)38-4/h5-15,18H,16-17H2,1-4H3,(H,30,34). The maximum atomic E-state index is 13.8. The number of amides is 2. The largest absolute Gasteiger partial charge is 0.493 e. The first-order chi connectivity index (χ1) is 18.5. The number of halogens is 2. The highest BCUT2D eigenvalue weighted by Crippen LogP contribution is 2.34. The van der Waals surface area contributed by atoms with Gasteiger partial charge in [0.1, 0.15) is 12.6 Å². The van der Waals surface area contributed by atoms with Gasteiger partial charge in [0, 0.05) is 29.7 Å². The van der Waals surface area contributed by atoms with E-state index in [0.29, 0.717) is 21.4 Å². The van der Waals surface area contributed by atoms with Crippen molar-refractivity contribution >= 4 is 50.7 Å². The van der Waals surface area contributed by atoms with Gasteiger partial charge in [-0.2, -0.15) is 0 Å². The summed E-state index contributed by atoms with van der Waals surface area (Å²) < 4.78 is 39.3. The molecule has 0 fully saturated rings. The minimum atomic E-state index is -4.22. The molecule has 3 aromatic carbocycles. The first kappa shape index (κ1) is 30.1. The first-order valence-corrected chi connectivity index (χ1v) is 14.0. The average molecular weight is 595 g/mol. The van der Waals surface area contributed by atoms with Crippen molar-refractivity contribution < 1.29 is 27.5 Å². The van der Waals surface area contributed by atoms with E-state index in [4.69, 9.17) is 32.7 Å². The molecule has 0 aliphatic heterocycles. The number of sulfonamides is 1. The number of rotatable bonds is 11. The van der Waals surface area contributed by atoms with Crippen LogP contribution in [-0.4, -0.2) is 59.0 Å². The van der Waals surface area contributed by atoms with Gasteiger partial charge in [-0.25, -0.2) is 8.42 Å². The lowest BCUT2D eigenvalue weighted by Crippen LogP contribution is -2.50. The van der Waals surface area contributed by atoms with Crippen LogP contribution in [0.3, 0.4) is 0 Å². The van der Waals surface area contributed by atoms with Crippen LogP contribution in [0.1, 0.15) is 12.5 Å². The molecule has 0 radical (unpaired) electrons. The van der Waals surface area contributed by atoms with Gasteiger partial charge in [0.05, 0.1) is 24.8 Å². The quantitative estimate of drug-likeness (QED) is 0.354. The van der Waals surface area contributed by atoms with E-state index in [1.807, 2.05) is 0 Å². The van der Waals surface area contributed by atoms with Gasteiger partial charge in [0.25, 0.3) is 10.0 Å². The Morgan fingerprint density at radius 1 is 0.949 bits per heavy atom. The summed E-state index contributed by atoms with van der Waals surface area (Å²) in [5, 5.41) is 3.24. The van der Waals surface area contributed by atoms with Crippen molar-refractivity contribution in [2.24, 2.45) is 0 Å². The van der Waals surface area contributed by atoms with Crippen LogP contribution in [0.2, 0.25) is 10.0 Å². The van der Waals surface area contributed by atoms with E-state index < -0.39 is 34.4 Å². The normalized spacial score (nSPS) is 11.8. The van der Waals surface area contributed by atoms with Crippen molar-refractivity contribution in [1.29, 1.82) is 0 Å². The number of anilines is 1. The van der Waals surface area contributed by atoms with Gasteiger partial charge in [-0.05, 0) is 48.9 Å². The van der Waals surface area contributed by atoms with Crippen LogP contribution < -0.4 is 19.1 Å². The van der Waals surface area contributed by atoms with Crippen molar-refractivity contribution in [3.8, 4) is 11.5 Å². The maximum absolute atomic E-state index is 13.8. The maximum Gasteiger partial charge on any atom is 0.264 e. The molecule has 0 aliphatic carbocycles. The number of ether oxygens (including phenoxy) is 2. The minimum Gasteiger partial charge on any atom is -0.493 e. The highest BCUT2D eigenvalue weighted by atomic mass is 35.5.